The number of carbonyl (C=O) groups excluding carboxylic acids is 1. The molecule has 2 rings (SSSR count). The third-order valence-corrected chi connectivity index (χ3v) is 1.79. The highest BCUT2D eigenvalue weighted by Crippen LogP contribution is 2.21. The molecule has 2 heterocycles. The van der Waals surface area contributed by atoms with Crippen LogP contribution in [0.5, 0.6) is 0 Å². The Bertz CT molecular complexity index is 450. The molecular formula is C9H7N3O2. The van der Waals surface area contributed by atoms with E-state index >= 15 is 0 Å². The van der Waals surface area contributed by atoms with Crippen LogP contribution < -0.4 is 5.73 Å². The largest absolute Gasteiger partial charge is 0.364 e. The van der Waals surface area contributed by atoms with Crippen molar-refractivity contribution in [1.82, 2.24) is 10.1 Å². The average Bonchev–Trinajstić information content (AvgIpc) is 2.67. The Hall–Kier alpha value is -2.17. The quantitative estimate of drug-likeness (QED) is 0.758. The molecule has 0 aliphatic heterocycles. The third kappa shape index (κ3) is 1.35. The molecule has 0 bridgehead atoms. The number of nitrogens with two attached hydrogens (primary N) is 1. The molecule has 0 radical (unpaired) electrons. The summed E-state index contributed by atoms with van der Waals surface area (Å²) in [5.74, 6) is -0.606. The molecule has 0 unspecified atom stereocenters. The fourth-order valence-corrected chi connectivity index (χ4v) is 1.15. The summed E-state index contributed by atoms with van der Waals surface area (Å²) in [6.45, 7) is 0. The van der Waals surface area contributed by atoms with Crippen LogP contribution in [-0.4, -0.2) is 16.0 Å². The van der Waals surface area contributed by atoms with E-state index in [4.69, 9.17) is 10.3 Å². The maximum absolute atomic E-state index is 10.9. The summed E-state index contributed by atoms with van der Waals surface area (Å²) in [5.41, 5.74) is 6.64. The van der Waals surface area contributed by atoms with Gasteiger partial charge in [-0.2, -0.15) is 0 Å². The number of carbonyl (C=O) groups is 1. The number of nitrogens with zero attached hydrogens (tertiary/aromatic N) is 2. The van der Waals surface area contributed by atoms with Crippen molar-refractivity contribution in [2.24, 2.45) is 5.73 Å². The first-order chi connectivity index (χ1) is 6.79. The van der Waals surface area contributed by atoms with Crippen LogP contribution in [0.25, 0.3) is 11.1 Å². The van der Waals surface area contributed by atoms with Crippen LogP contribution in [0.3, 0.4) is 0 Å². The number of hydrogen-bond donors (Lipinski definition) is 1. The van der Waals surface area contributed by atoms with Gasteiger partial charge in [-0.3, -0.25) is 9.78 Å². The van der Waals surface area contributed by atoms with Crippen molar-refractivity contribution in [2.45, 2.75) is 0 Å². The normalized spacial score (nSPS) is 10.0. The van der Waals surface area contributed by atoms with Crippen molar-refractivity contribution < 1.29 is 9.32 Å². The standard InChI is InChI=1S/C9H7N3O2/c10-9(13)8-7(5-14-12-8)6-1-3-11-4-2-6/h1-5H,(H2,10,13). The van der Waals surface area contributed by atoms with E-state index < -0.39 is 5.91 Å². The zero-order valence-electron chi connectivity index (χ0n) is 7.18. The van der Waals surface area contributed by atoms with Crippen LogP contribution >= 0.6 is 0 Å². The second kappa shape index (κ2) is 3.29. The van der Waals surface area contributed by atoms with Gasteiger partial charge in [0.1, 0.15) is 6.26 Å². The Kier molecular flexibility index (Phi) is 1.98. The lowest BCUT2D eigenvalue weighted by Gasteiger charge is -1.96. The molecule has 0 aromatic carbocycles. The summed E-state index contributed by atoms with van der Waals surface area (Å²) in [4.78, 5) is 14.8. The van der Waals surface area contributed by atoms with E-state index in [-0.39, 0.29) is 5.69 Å². The molecule has 0 aliphatic rings. The molecule has 0 fully saturated rings. The van der Waals surface area contributed by atoms with Crippen LogP contribution in [0.4, 0.5) is 0 Å². The first kappa shape index (κ1) is 8.43. The van der Waals surface area contributed by atoms with Gasteiger partial charge in [0.25, 0.3) is 5.91 Å². The minimum atomic E-state index is -0.606. The maximum atomic E-state index is 10.9. The van der Waals surface area contributed by atoms with E-state index in [0.717, 1.165) is 5.56 Å². The lowest BCUT2D eigenvalue weighted by molar-refractivity contribution is 0.0992. The zero-order valence-corrected chi connectivity index (χ0v) is 7.18. The molecule has 0 spiro atoms. The molecule has 5 heteroatoms. The summed E-state index contributed by atoms with van der Waals surface area (Å²) >= 11 is 0. The molecule has 5 nitrogen and oxygen atoms in total. The molecular weight excluding hydrogens is 182 g/mol. The summed E-state index contributed by atoms with van der Waals surface area (Å²) in [5, 5.41) is 3.52. The van der Waals surface area contributed by atoms with E-state index in [1.807, 2.05) is 0 Å². The van der Waals surface area contributed by atoms with Crippen molar-refractivity contribution in [3.63, 3.8) is 0 Å². The predicted octanol–water partition coefficient (Wildman–Crippen LogP) is 0.835. The van der Waals surface area contributed by atoms with E-state index in [9.17, 15) is 4.79 Å². The number of primary amides is 1. The molecule has 0 saturated heterocycles. The molecule has 0 atom stereocenters. The highest BCUT2D eigenvalue weighted by molar-refractivity contribution is 5.97. The Balaban J connectivity index is 2.52. The average molecular weight is 189 g/mol. The second-order valence-corrected chi connectivity index (χ2v) is 2.68. The topological polar surface area (TPSA) is 82.0 Å². The number of hydrogen-bond acceptors (Lipinski definition) is 4. The minimum Gasteiger partial charge on any atom is -0.364 e. The SMILES string of the molecule is NC(=O)c1nocc1-c1ccncc1. The Morgan fingerprint density at radius 1 is 1.36 bits per heavy atom. The highest BCUT2D eigenvalue weighted by Gasteiger charge is 2.14. The molecule has 0 aliphatic carbocycles. The molecule has 0 saturated carbocycles. The minimum absolute atomic E-state index is 0.135. The monoisotopic (exact) mass is 189 g/mol. The van der Waals surface area contributed by atoms with Crippen molar-refractivity contribution >= 4 is 5.91 Å². The zero-order chi connectivity index (χ0) is 9.97. The van der Waals surface area contributed by atoms with Gasteiger partial charge in [-0.1, -0.05) is 5.16 Å². The van der Waals surface area contributed by atoms with Crippen LogP contribution in [0, 0.1) is 0 Å². The number of rotatable bonds is 2. The van der Waals surface area contributed by atoms with Gasteiger partial charge in [0.15, 0.2) is 5.69 Å². The first-order valence-corrected chi connectivity index (χ1v) is 3.93. The first-order valence-electron chi connectivity index (χ1n) is 3.93. The Labute approximate surface area is 79.5 Å². The van der Waals surface area contributed by atoms with E-state index in [2.05, 4.69) is 10.1 Å². The Morgan fingerprint density at radius 3 is 2.71 bits per heavy atom. The summed E-state index contributed by atoms with van der Waals surface area (Å²) in [6, 6.07) is 3.50. The number of amides is 1. The van der Waals surface area contributed by atoms with E-state index in [1.165, 1.54) is 6.26 Å². The van der Waals surface area contributed by atoms with Gasteiger partial charge < -0.3 is 10.3 Å². The fourth-order valence-electron chi connectivity index (χ4n) is 1.15. The number of pyridine rings is 1. The van der Waals surface area contributed by atoms with Gasteiger partial charge in [-0.05, 0) is 17.7 Å². The van der Waals surface area contributed by atoms with Gasteiger partial charge in [0.2, 0.25) is 0 Å². The van der Waals surface area contributed by atoms with Crippen molar-refractivity contribution in [2.75, 3.05) is 0 Å². The lowest BCUT2D eigenvalue weighted by atomic mass is 10.1. The van der Waals surface area contributed by atoms with E-state index in [1.54, 1.807) is 24.5 Å². The molecule has 2 N–H and O–H groups in total. The van der Waals surface area contributed by atoms with Crippen LogP contribution in [0.1, 0.15) is 10.5 Å². The molecule has 2 aromatic rings. The summed E-state index contributed by atoms with van der Waals surface area (Å²) < 4.78 is 4.69. The van der Waals surface area contributed by atoms with Crippen LogP contribution in [-0.2, 0) is 0 Å². The highest BCUT2D eigenvalue weighted by atomic mass is 16.5. The molecule has 2 aromatic heterocycles. The molecule has 14 heavy (non-hydrogen) atoms. The van der Waals surface area contributed by atoms with Gasteiger partial charge in [-0.25, -0.2) is 0 Å². The van der Waals surface area contributed by atoms with Crippen molar-refractivity contribution in [1.29, 1.82) is 0 Å². The lowest BCUT2D eigenvalue weighted by Crippen LogP contribution is -2.12. The van der Waals surface area contributed by atoms with Gasteiger partial charge in [0, 0.05) is 12.4 Å². The van der Waals surface area contributed by atoms with Gasteiger partial charge in [-0.15, -0.1) is 0 Å². The van der Waals surface area contributed by atoms with Gasteiger partial charge in [0.05, 0.1) is 5.56 Å². The summed E-state index contributed by atoms with van der Waals surface area (Å²) in [6.07, 6.45) is 4.62. The third-order valence-electron chi connectivity index (χ3n) is 1.79. The maximum Gasteiger partial charge on any atom is 0.271 e. The van der Waals surface area contributed by atoms with Crippen molar-refractivity contribution in [3.05, 3.63) is 36.5 Å². The Morgan fingerprint density at radius 2 is 2.07 bits per heavy atom. The van der Waals surface area contributed by atoms with Crippen molar-refractivity contribution in [3.8, 4) is 11.1 Å². The number of aromatic nitrogens is 2. The fraction of sp³-hybridized carbons (Fsp3) is 0. The molecule has 70 valence electrons. The van der Waals surface area contributed by atoms with E-state index in [0.29, 0.717) is 5.56 Å². The smallest absolute Gasteiger partial charge is 0.271 e. The summed E-state index contributed by atoms with van der Waals surface area (Å²) in [7, 11) is 0. The van der Waals surface area contributed by atoms with Crippen LogP contribution in [0.2, 0.25) is 0 Å². The molecule has 1 amide bonds. The predicted molar refractivity (Wildman–Crippen MR) is 48.3 cm³/mol. The van der Waals surface area contributed by atoms with Gasteiger partial charge >= 0.3 is 0 Å². The van der Waals surface area contributed by atoms with Crippen LogP contribution in [0.15, 0.2) is 35.3 Å². The second-order valence-electron chi connectivity index (χ2n) is 2.68.